The normalized spacial score (nSPS) is 14.9. The van der Waals surface area contributed by atoms with Gasteiger partial charge in [0.05, 0.1) is 5.69 Å². The van der Waals surface area contributed by atoms with Crippen LogP contribution in [0, 0.1) is 0 Å². The van der Waals surface area contributed by atoms with Crippen molar-refractivity contribution in [3.8, 4) is 11.3 Å². The third kappa shape index (κ3) is 2.26. The average Bonchev–Trinajstić information content (AvgIpc) is 3.08. The van der Waals surface area contributed by atoms with Gasteiger partial charge >= 0.3 is 0 Å². The summed E-state index contributed by atoms with van der Waals surface area (Å²) >= 11 is 0. The first-order valence-electron chi connectivity index (χ1n) is 6.64. The van der Waals surface area contributed by atoms with Crippen molar-refractivity contribution in [3.63, 3.8) is 0 Å². The fourth-order valence-corrected chi connectivity index (χ4v) is 2.53. The van der Waals surface area contributed by atoms with E-state index in [-0.39, 0.29) is 5.91 Å². The maximum atomic E-state index is 12.3. The van der Waals surface area contributed by atoms with Crippen molar-refractivity contribution in [3.05, 3.63) is 42.1 Å². The summed E-state index contributed by atoms with van der Waals surface area (Å²) in [5, 5.41) is 4.36. The number of amides is 1. The molecule has 0 atom stereocenters. The third-order valence-electron chi connectivity index (χ3n) is 3.56. The Morgan fingerprint density at radius 1 is 1.16 bits per heavy atom. The van der Waals surface area contributed by atoms with Crippen LogP contribution in [0.15, 0.2) is 36.4 Å². The van der Waals surface area contributed by atoms with Gasteiger partial charge in [-0.2, -0.15) is 5.10 Å². The van der Waals surface area contributed by atoms with Crippen molar-refractivity contribution in [1.82, 2.24) is 14.7 Å². The summed E-state index contributed by atoms with van der Waals surface area (Å²) in [5.41, 5.74) is 2.60. The molecule has 1 aromatic heterocycles. The molecule has 0 bridgehead atoms. The smallest absolute Gasteiger partial charge is 0.274 e. The number of carbonyl (C=O) groups is 1. The minimum absolute atomic E-state index is 0.0512. The Kier molecular flexibility index (Phi) is 3.07. The average molecular weight is 255 g/mol. The Morgan fingerprint density at radius 3 is 2.53 bits per heavy atom. The van der Waals surface area contributed by atoms with E-state index < -0.39 is 0 Å². The zero-order valence-corrected chi connectivity index (χ0v) is 11.0. The molecule has 0 spiro atoms. The van der Waals surface area contributed by atoms with Gasteiger partial charge in [-0.3, -0.25) is 9.48 Å². The van der Waals surface area contributed by atoms with E-state index in [9.17, 15) is 4.79 Å². The molecule has 1 aliphatic heterocycles. The van der Waals surface area contributed by atoms with E-state index in [4.69, 9.17) is 0 Å². The fourth-order valence-electron chi connectivity index (χ4n) is 2.53. The molecule has 1 saturated heterocycles. The molecule has 1 aliphatic rings. The number of likely N-dealkylation sites (tertiary alicyclic amines) is 1. The monoisotopic (exact) mass is 255 g/mol. The molecule has 0 N–H and O–H groups in total. The Labute approximate surface area is 112 Å². The van der Waals surface area contributed by atoms with E-state index in [0.717, 1.165) is 37.2 Å². The van der Waals surface area contributed by atoms with Crippen LogP contribution in [0.3, 0.4) is 0 Å². The van der Waals surface area contributed by atoms with Crippen LogP contribution in [0.5, 0.6) is 0 Å². The standard InChI is InChI=1S/C15H17N3O/c1-17-14(12-7-3-2-4-8-12)11-13(16-17)15(19)18-9-5-6-10-18/h2-4,7-8,11H,5-6,9-10H2,1H3. The highest BCUT2D eigenvalue weighted by atomic mass is 16.2. The molecule has 3 rings (SSSR count). The van der Waals surface area contributed by atoms with Crippen LogP contribution in [0.2, 0.25) is 0 Å². The lowest BCUT2D eigenvalue weighted by Gasteiger charge is -2.12. The second-order valence-corrected chi connectivity index (χ2v) is 4.90. The number of hydrogen-bond acceptors (Lipinski definition) is 2. The van der Waals surface area contributed by atoms with Crippen molar-refractivity contribution >= 4 is 5.91 Å². The number of aryl methyl sites for hydroxylation is 1. The maximum Gasteiger partial charge on any atom is 0.274 e. The molecule has 4 nitrogen and oxygen atoms in total. The highest BCUT2D eigenvalue weighted by molar-refractivity contribution is 5.93. The SMILES string of the molecule is Cn1nc(C(=O)N2CCCC2)cc1-c1ccccc1. The Bertz CT molecular complexity index is 583. The van der Waals surface area contributed by atoms with Crippen molar-refractivity contribution in [2.75, 3.05) is 13.1 Å². The molecule has 19 heavy (non-hydrogen) atoms. The van der Waals surface area contributed by atoms with Crippen molar-refractivity contribution in [2.24, 2.45) is 7.05 Å². The quantitative estimate of drug-likeness (QED) is 0.826. The zero-order valence-electron chi connectivity index (χ0n) is 11.0. The molecule has 2 heterocycles. The van der Waals surface area contributed by atoms with Crippen LogP contribution in [-0.2, 0) is 7.05 Å². The van der Waals surface area contributed by atoms with Crippen LogP contribution < -0.4 is 0 Å². The number of aromatic nitrogens is 2. The van der Waals surface area contributed by atoms with E-state index in [1.54, 1.807) is 4.68 Å². The summed E-state index contributed by atoms with van der Waals surface area (Å²) in [6.07, 6.45) is 2.20. The number of hydrogen-bond donors (Lipinski definition) is 0. The molecule has 0 saturated carbocycles. The zero-order chi connectivity index (χ0) is 13.2. The molecule has 98 valence electrons. The highest BCUT2D eigenvalue weighted by Gasteiger charge is 2.22. The van der Waals surface area contributed by atoms with Crippen molar-refractivity contribution in [1.29, 1.82) is 0 Å². The summed E-state index contributed by atoms with van der Waals surface area (Å²) in [6.45, 7) is 1.71. The van der Waals surface area contributed by atoms with Gasteiger partial charge in [0.1, 0.15) is 0 Å². The third-order valence-corrected chi connectivity index (χ3v) is 3.56. The molecule has 1 aromatic carbocycles. The lowest BCUT2D eigenvalue weighted by atomic mass is 10.1. The van der Waals surface area contributed by atoms with Gasteiger partial charge in [0.2, 0.25) is 0 Å². The van der Waals surface area contributed by atoms with E-state index in [1.807, 2.05) is 48.3 Å². The minimum atomic E-state index is 0.0512. The van der Waals surface area contributed by atoms with Crippen LogP contribution in [0.4, 0.5) is 0 Å². The molecule has 1 fully saturated rings. The van der Waals surface area contributed by atoms with E-state index in [0.29, 0.717) is 5.69 Å². The van der Waals surface area contributed by atoms with Gasteiger partial charge in [-0.25, -0.2) is 0 Å². The van der Waals surface area contributed by atoms with Gasteiger partial charge in [0.15, 0.2) is 5.69 Å². The first kappa shape index (κ1) is 12.0. The highest BCUT2D eigenvalue weighted by Crippen LogP contribution is 2.21. The van der Waals surface area contributed by atoms with Gasteiger partial charge in [-0.05, 0) is 24.5 Å². The molecule has 4 heteroatoms. The molecular weight excluding hydrogens is 238 g/mol. The molecular formula is C15H17N3O. The largest absolute Gasteiger partial charge is 0.337 e. The molecule has 0 unspecified atom stereocenters. The van der Waals surface area contributed by atoms with Gasteiger partial charge < -0.3 is 4.90 Å². The molecule has 0 radical (unpaired) electrons. The van der Waals surface area contributed by atoms with Crippen LogP contribution in [-0.4, -0.2) is 33.7 Å². The van der Waals surface area contributed by atoms with Gasteiger partial charge in [-0.15, -0.1) is 0 Å². The van der Waals surface area contributed by atoms with E-state index >= 15 is 0 Å². The number of carbonyl (C=O) groups excluding carboxylic acids is 1. The predicted octanol–water partition coefficient (Wildman–Crippen LogP) is 2.32. The van der Waals surface area contributed by atoms with E-state index in [2.05, 4.69) is 5.10 Å². The Hall–Kier alpha value is -2.10. The number of nitrogens with zero attached hydrogens (tertiary/aromatic N) is 3. The van der Waals surface area contributed by atoms with Crippen molar-refractivity contribution < 1.29 is 4.79 Å². The minimum Gasteiger partial charge on any atom is -0.337 e. The Balaban J connectivity index is 1.91. The second-order valence-electron chi connectivity index (χ2n) is 4.90. The lowest BCUT2D eigenvalue weighted by molar-refractivity contribution is 0.0786. The Morgan fingerprint density at radius 2 is 1.84 bits per heavy atom. The summed E-state index contributed by atoms with van der Waals surface area (Å²) < 4.78 is 1.78. The van der Waals surface area contributed by atoms with Gasteiger partial charge in [-0.1, -0.05) is 30.3 Å². The molecule has 1 amide bonds. The van der Waals surface area contributed by atoms with Gasteiger partial charge in [0.25, 0.3) is 5.91 Å². The summed E-state index contributed by atoms with van der Waals surface area (Å²) in [7, 11) is 1.88. The lowest BCUT2D eigenvalue weighted by Crippen LogP contribution is -2.28. The number of rotatable bonds is 2. The number of benzene rings is 1. The first-order chi connectivity index (χ1) is 9.25. The van der Waals surface area contributed by atoms with Crippen LogP contribution >= 0.6 is 0 Å². The predicted molar refractivity (Wildman–Crippen MR) is 73.8 cm³/mol. The van der Waals surface area contributed by atoms with Gasteiger partial charge in [0, 0.05) is 20.1 Å². The molecule has 0 aliphatic carbocycles. The topological polar surface area (TPSA) is 38.1 Å². The van der Waals surface area contributed by atoms with E-state index in [1.165, 1.54) is 0 Å². The second kappa shape index (κ2) is 4.88. The summed E-state index contributed by atoms with van der Waals surface area (Å²) in [5.74, 6) is 0.0512. The first-order valence-corrected chi connectivity index (χ1v) is 6.64. The fraction of sp³-hybridized carbons (Fsp3) is 0.333. The summed E-state index contributed by atoms with van der Waals surface area (Å²) in [4.78, 5) is 14.2. The van der Waals surface area contributed by atoms with Crippen molar-refractivity contribution in [2.45, 2.75) is 12.8 Å². The summed E-state index contributed by atoms with van der Waals surface area (Å²) in [6, 6.07) is 11.9. The maximum absolute atomic E-state index is 12.3. The molecule has 2 aromatic rings. The van der Waals surface area contributed by atoms with Crippen LogP contribution in [0.1, 0.15) is 23.3 Å². The van der Waals surface area contributed by atoms with Crippen LogP contribution in [0.25, 0.3) is 11.3 Å².